The van der Waals surface area contributed by atoms with Crippen LogP contribution >= 0.6 is 0 Å². The molecule has 0 fully saturated rings. The first kappa shape index (κ1) is 11.5. The Morgan fingerprint density at radius 2 is 1.71 bits per heavy atom. The first-order valence-corrected chi connectivity index (χ1v) is 5.38. The third-order valence-corrected chi connectivity index (χ3v) is 2.79. The Morgan fingerprint density at radius 1 is 1.18 bits per heavy atom. The summed E-state index contributed by atoms with van der Waals surface area (Å²) in [5.41, 5.74) is 1.51. The van der Waals surface area contributed by atoms with E-state index in [1.54, 1.807) is 24.3 Å². The molecule has 1 aliphatic heterocycles. The molecule has 88 valence electrons. The highest BCUT2D eigenvalue weighted by molar-refractivity contribution is 6.21. The third-order valence-electron chi connectivity index (χ3n) is 2.79. The van der Waals surface area contributed by atoms with E-state index in [0.29, 0.717) is 23.1 Å². The van der Waals surface area contributed by atoms with Gasteiger partial charge in [-0.05, 0) is 18.6 Å². The molecule has 0 aliphatic carbocycles. The van der Waals surface area contributed by atoms with E-state index in [2.05, 4.69) is 6.58 Å². The van der Waals surface area contributed by atoms with E-state index in [4.69, 9.17) is 5.11 Å². The summed E-state index contributed by atoms with van der Waals surface area (Å²) in [7, 11) is 0. The van der Waals surface area contributed by atoms with Crippen LogP contribution in [0.15, 0.2) is 36.4 Å². The van der Waals surface area contributed by atoms with Gasteiger partial charge in [0.25, 0.3) is 11.8 Å². The van der Waals surface area contributed by atoms with E-state index in [0.717, 1.165) is 0 Å². The maximum absolute atomic E-state index is 11.9. The molecule has 0 aromatic heterocycles. The van der Waals surface area contributed by atoms with Crippen LogP contribution in [0.1, 0.15) is 27.1 Å². The zero-order valence-corrected chi connectivity index (χ0v) is 9.35. The molecule has 2 amide bonds. The van der Waals surface area contributed by atoms with E-state index < -0.39 is 0 Å². The Labute approximate surface area is 99.2 Å². The van der Waals surface area contributed by atoms with Crippen molar-refractivity contribution in [3.05, 3.63) is 47.5 Å². The minimum atomic E-state index is -0.267. The average Bonchev–Trinajstić information content (AvgIpc) is 2.60. The number of hydrogen-bond acceptors (Lipinski definition) is 3. The van der Waals surface area contributed by atoms with Gasteiger partial charge >= 0.3 is 0 Å². The van der Waals surface area contributed by atoms with Crippen LogP contribution < -0.4 is 0 Å². The molecule has 0 unspecified atom stereocenters. The lowest BCUT2D eigenvalue weighted by Gasteiger charge is -2.13. The summed E-state index contributed by atoms with van der Waals surface area (Å²) in [6.07, 6.45) is 0.433. The van der Waals surface area contributed by atoms with Gasteiger partial charge in [0.15, 0.2) is 0 Å². The van der Waals surface area contributed by atoms with Crippen LogP contribution in [0.4, 0.5) is 0 Å². The van der Waals surface area contributed by atoms with Gasteiger partial charge in [-0.3, -0.25) is 14.5 Å². The molecule has 4 heteroatoms. The number of benzene rings is 1. The molecule has 0 radical (unpaired) electrons. The van der Waals surface area contributed by atoms with Crippen LogP contribution in [-0.2, 0) is 0 Å². The number of nitrogens with zero attached hydrogens (tertiary/aromatic N) is 1. The van der Waals surface area contributed by atoms with Crippen molar-refractivity contribution in [2.24, 2.45) is 0 Å². The predicted octanol–water partition coefficient (Wildman–Crippen LogP) is 1.22. The highest BCUT2D eigenvalue weighted by atomic mass is 16.3. The summed E-state index contributed by atoms with van der Waals surface area (Å²) < 4.78 is 0. The Bertz CT molecular complexity index is 458. The van der Waals surface area contributed by atoms with Gasteiger partial charge in [0, 0.05) is 6.54 Å². The molecule has 1 aromatic rings. The van der Waals surface area contributed by atoms with Gasteiger partial charge in [0.2, 0.25) is 0 Å². The molecule has 1 N–H and O–H groups in total. The molecule has 0 bridgehead atoms. The van der Waals surface area contributed by atoms with Crippen molar-refractivity contribution in [2.75, 3.05) is 13.2 Å². The Kier molecular flexibility index (Phi) is 3.06. The molecule has 0 saturated heterocycles. The summed E-state index contributed by atoms with van der Waals surface area (Å²) in [6, 6.07) is 6.77. The third kappa shape index (κ3) is 1.99. The Balaban J connectivity index is 2.16. The van der Waals surface area contributed by atoms with E-state index >= 15 is 0 Å². The first-order valence-electron chi connectivity index (χ1n) is 5.38. The fourth-order valence-corrected chi connectivity index (χ4v) is 1.79. The SMILES string of the molecule is C=C(CO)CCN1C(=O)c2ccccc2C1=O. The monoisotopic (exact) mass is 231 g/mol. The largest absolute Gasteiger partial charge is 0.392 e. The fraction of sp³-hybridized carbons (Fsp3) is 0.231. The summed E-state index contributed by atoms with van der Waals surface area (Å²) in [4.78, 5) is 25.0. The average molecular weight is 231 g/mol. The van der Waals surface area contributed by atoms with E-state index in [9.17, 15) is 9.59 Å². The maximum atomic E-state index is 11.9. The van der Waals surface area contributed by atoms with Crippen molar-refractivity contribution < 1.29 is 14.7 Å². The van der Waals surface area contributed by atoms with Crippen molar-refractivity contribution >= 4 is 11.8 Å². The Morgan fingerprint density at radius 3 is 2.18 bits per heavy atom. The smallest absolute Gasteiger partial charge is 0.261 e. The highest BCUT2D eigenvalue weighted by Crippen LogP contribution is 2.22. The highest BCUT2D eigenvalue weighted by Gasteiger charge is 2.34. The van der Waals surface area contributed by atoms with Gasteiger partial charge in [-0.25, -0.2) is 0 Å². The topological polar surface area (TPSA) is 57.6 Å². The lowest BCUT2D eigenvalue weighted by molar-refractivity contribution is 0.0655. The van der Waals surface area contributed by atoms with Crippen molar-refractivity contribution in [1.29, 1.82) is 0 Å². The van der Waals surface area contributed by atoms with Crippen molar-refractivity contribution in [3.8, 4) is 0 Å². The lowest BCUT2D eigenvalue weighted by Crippen LogP contribution is -2.31. The maximum Gasteiger partial charge on any atom is 0.261 e. The molecule has 2 rings (SSSR count). The van der Waals surface area contributed by atoms with E-state index in [-0.39, 0.29) is 25.0 Å². The van der Waals surface area contributed by atoms with Gasteiger partial charge in [-0.2, -0.15) is 0 Å². The summed E-state index contributed by atoms with van der Waals surface area (Å²) in [5.74, 6) is -0.535. The second-order valence-corrected chi connectivity index (χ2v) is 3.97. The quantitative estimate of drug-likeness (QED) is 0.626. The van der Waals surface area contributed by atoms with Crippen molar-refractivity contribution in [1.82, 2.24) is 4.90 Å². The second kappa shape index (κ2) is 4.51. The summed E-state index contributed by atoms with van der Waals surface area (Å²) in [6.45, 7) is 3.78. The molecule has 17 heavy (non-hydrogen) atoms. The predicted molar refractivity (Wildman–Crippen MR) is 62.7 cm³/mol. The number of aliphatic hydroxyl groups excluding tert-OH is 1. The number of imide groups is 1. The molecular formula is C13H13NO3. The van der Waals surface area contributed by atoms with Crippen LogP contribution in [0.2, 0.25) is 0 Å². The van der Waals surface area contributed by atoms with Crippen molar-refractivity contribution in [2.45, 2.75) is 6.42 Å². The summed E-state index contributed by atoms with van der Waals surface area (Å²) in [5, 5.41) is 8.83. The van der Waals surface area contributed by atoms with Crippen LogP contribution in [0, 0.1) is 0 Å². The van der Waals surface area contributed by atoms with Gasteiger partial charge in [0.1, 0.15) is 0 Å². The lowest BCUT2D eigenvalue weighted by atomic mass is 10.1. The molecular weight excluding hydrogens is 218 g/mol. The number of carbonyl (C=O) groups excluding carboxylic acids is 2. The van der Waals surface area contributed by atoms with Crippen LogP contribution in [-0.4, -0.2) is 35.0 Å². The molecule has 0 spiro atoms. The number of carbonyl (C=O) groups is 2. The zero-order valence-electron chi connectivity index (χ0n) is 9.35. The van der Waals surface area contributed by atoms with Crippen molar-refractivity contribution in [3.63, 3.8) is 0 Å². The molecule has 0 atom stereocenters. The standard InChI is InChI=1S/C13H13NO3/c1-9(8-15)6-7-14-12(16)10-4-2-3-5-11(10)13(14)17/h2-5,15H,1,6-8H2. The minimum absolute atomic E-state index is 0.122. The molecule has 1 aliphatic rings. The summed E-state index contributed by atoms with van der Waals surface area (Å²) >= 11 is 0. The van der Waals surface area contributed by atoms with Crippen LogP contribution in [0.5, 0.6) is 0 Å². The first-order chi connectivity index (χ1) is 8.15. The normalized spacial score (nSPS) is 14.1. The fourth-order valence-electron chi connectivity index (χ4n) is 1.79. The Hall–Kier alpha value is -1.94. The molecule has 0 saturated carbocycles. The number of amides is 2. The van der Waals surface area contributed by atoms with Gasteiger partial charge in [-0.1, -0.05) is 24.3 Å². The van der Waals surface area contributed by atoms with Crippen LogP contribution in [0.25, 0.3) is 0 Å². The molecule has 1 heterocycles. The molecule has 4 nitrogen and oxygen atoms in total. The van der Waals surface area contributed by atoms with Crippen LogP contribution in [0.3, 0.4) is 0 Å². The second-order valence-electron chi connectivity index (χ2n) is 3.97. The zero-order chi connectivity index (χ0) is 12.4. The van der Waals surface area contributed by atoms with Gasteiger partial charge in [0.05, 0.1) is 17.7 Å². The minimum Gasteiger partial charge on any atom is -0.392 e. The van der Waals surface area contributed by atoms with E-state index in [1.807, 2.05) is 0 Å². The number of hydrogen-bond donors (Lipinski definition) is 1. The number of aliphatic hydroxyl groups is 1. The van der Waals surface area contributed by atoms with Gasteiger partial charge in [-0.15, -0.1) is 0 Å². The molecule has 1 aromatic carbocycles. The van der Waals surface area contributed by atoms with E-state index in [1.165, 1.54) is 4.90 Å². The number of fused-ring (bicyclic) bond motifs is 1. The van der Waals surface area contributed by atoms with Gasteiger partial charge < -0.3 is 5.11 Å². The number of rotatable bonds is 4.